The van der Waals surface area contributed by atoms with Crippen molar-refractivity contribution in [3.05, 3.63) is 295 Å². The van der Waals surface area contributed by atoms with Gasteiger partial charge < -0.3 is 9.32 Å². The van der Waals surface area contributed by atoms with Crippen molar-refractivity contribution in [2.75, 3.05) is 4.90 Å². The van der Waals surface area contributed by atoms with Gasteiger partial charge in [-0.05, 0) is 143 Å². The summed E-state index contributed by atoms with van der Waals surface area (Å²) in [5.41, 5.74) is 24.4. The van der Waals surface area contributed by atoms with Crippen LogP contribution < -0.4 is 4.90 Å². The third-order valence-electron chi connectivity index (χ3n) is 15.7. The number of fused-ring (bicyclic) bond motifs is 16. The Kier molecular flexibility index (Phi) is 9.21. The van der Waals surface area contributed by atoms with Crippen LogP contribution in [0.1, 0.15) is 22.3 Å². The van der Waals surface area contributed by atoms with Gasteiger partial charge in [-0.15, -0.1) is 0 Å². The van der Waals surface area contributed by atoms with E-state index in [2.05, 4.69) is 272 Å². The van der Waals surface area contributed by atoms with Crippen LogP contribution in [0.3, 0.4) is 0 Å². The number of furan rings is 1. The van der Waals surface area contributed by atoms with Crippen LogP contribution >= 0.6 is 0 Å². The maximum Gasteiger partial charge on any atom is 0.143 e. The minimum Gasteiger partial charge on any atom is -0.455 e. The highest BCUT2D eigenvalue weighted by Crippen LogP contribution is 2.63. The van der Waals surface area contributed by atoms with Crippen LogP contribution in [0.25, 0.3) is 99.5 Å². The molecule has 1 aromatic heterocycles. The molecule has 2 heteroatoms. The number of hydrogen-bond acceptors (Lipinski definition) is 2. The van der Waals surface area contributed by atoms with Crippen LogP contribution in [0.15, 0.2) is 277 Å². The SMILES string of the molecule is c1ccc(-c2cccc(N(c3cccc(-c4cccc5c4oc4ccccc45)c3)c3ccc4cc(-c5cccc6c5-c5ccccc5C65c6ccccc6-c6ccccc6-c6ccccc65)ccc4c3)c2)cc1. The molecule has 2 aliphatic rings. The van der Waals surface area contributed by atoms with Crippen LogP contribution in [-0.2, 0) is 5.41 Å². The van der Waals surface area contributed by atoms with Crippen LogP contribution in [0, 0.1) is 0 Å². The fourth-order valence-electron chi connectivity index (χ4n) is 12.6. The Balaban J connectivity index is 0.885. The molecule has 0 bridgehead atoms. The molecule has 0 atom stereocenters. The highest BCUT2D eigenvalue weighted by atomic mass is 16.3. The van der Waals surface area contributed by atoms with Gasteiger partial charge in [0.25, 0.3) is 0 Å². The summed E-state index contributed by atoms with van der Waals surface area (Å²) >= 11 is 0. The van der Waals surface area contributed by atoms with Gasteiger partial charge in [-0.3, -0.25) is 0 Å². The van der Waals surface area contributed by atoms with E-state index in [9.17, 15) is 0 Å². The number of nitrogens with zero attached hydrogens (tertiary/aromatic N) is 1. The van der Waals surface area contributed by atoms with Crippen LogP contribution in [0.4, 0.5) is 17.1 Å². The number of rotatable bonds is 6. The Bertz CT molecular complexity index is 4280. The molecule has 2 aliphatic carbocycles. The van der Waals surface area contributed by atoms with Gasteiger partial charge in [0.1, 0.15) is 11.2 Å². The Morgan fingerprint density at radius 2 is 0.753 bits per heavy atom. The largest absolute Gasteiger partial charge is 0.455 e. The van der Waals surface area contributed by atoms with E-state index in [1.165, 1.54) is 83.1 Å². The van der Waals surface area contributed by atoms with Crippen molar-refractivity contribution in [1.82, 2.24) is 0 Å². The van der Waals surface area contributed by atoms with Gasteiger partial charge in [0.2, 0.25) is 0 Å². The van der Waals surface area contributed by atoms with E-state index in [0.717, 1.165) is 55.7 Å². The first kappa shape index (κ1) is 41.3. The topological polar surface area (TPSA) is 16.4 Å². The molecule has 0 N–H and O–H groups in total. The summed E-state index contributed by atoms with van der Waals surface area (Å²) in [5, 5.41) is 4.60. The predicted octanol–water partition coefficient (Wildman–Crippen LogP) is 19.2. The van der Waals surface area contributed by atoms with E-state index in [-0.39, 0.29) is 0 Å². The van der Waals surface area contributed by atoms with Crippen molar-refractivity contribution < 1.29 is 4.42 Å². The van der Waals surface area contributed by atoms with Crippen molar-refractivity contribution in [1.29, 1.82) is 0 Å². The molecule has 73 heavy (non-hydrogen) atoms. The molecule has 0 saturated carbocycles. The summed E-state index contributed by atoms with van der Waals surface area (Å²) in [6.45, 7) is 0. The fraction of sp³-hybridized carbons (Fsp3) is 0.0141. The number of benzene rings is 12. The molecule has 340 valence electrons. The highest BCUT2D eigenvalue weighted by Gasteiger charge is 2.50. The first-order valence-electron chi connectivity index (χ1n) is 25.2. The predicted molar refractivity (Wildman–Crippen MR) is 304 cm³/mol. The minimum absolute atomic E-state index is 0.531. The molecular weight excluding hydrogens is 883 g/mol. The third kappa shape index (κ3) is 6.24. The first-order valence-corrected chi connectivity index (χ1v) is 25.2. The van der Waals surface area contributed by atoms with Crippen LogP contribution in [0.2, 0.25) is 0 Å². The summed E-state index contributed by atoms with van der Waals surface area (Å²) in [4.78, 5) is 2.39. The molecule has 0 fully saturated rings. The van der Waals surface area contributed by atoms with Crippen LogP contribution in [-0.4, -0.2) is 0 Å². The second-order valence-corrected chi connectivity index (χ2v) is 19.5. The molecule has 2 nitrogen and oxygen atoms in total. The lowest BCUT2D eigenvalue weighted by Gasteiger charge is -2.35. The molecule has 13 aromatic rings. The van der Waals surface area contributed by atoms with Gasteiger partial charge in [0.05, 0.1) is 5.41 Å². The zero-order chi connectivity index (χ0) is 48.0. The van der Waals surface area contributed by atoms with Gasteiger partial charge in [0.15, 0.2) is 0 Å². The normalized spacial score (nSPS) is 12.8. The second kappa shape index (κ2) is 16.3. The second-order valence-electron chi connectivity index (χ2n) is 19.5. The molecular formula is C71H45NO. The average Bonchev–Trinajstić information content (AvgIpc) is 3.99. The van der Waals surface area contributed by atoms with Crippen molar-refractivity contribution >= 4 is 49.8 Å². The van der Waals surface area contributed by atoms with Crippen molar-refractivity contribution in [2.24, 2.45) is 0 Å². The Morgan fingerprint density at radius 3 is 1.51 bits per heavy atom. The van der Waals surface area contributed by atoms with Gasteiger partial charge >= 0.3 is 0 Å². The number of para-hydroxylation sites is 2. The maximum absolute atomic E-state index is 6.56. The molecule has 1 heterocycles. The van der Waals surface area contributed by atoms with E-state index in [1.807, 2.05) is 6.07 Å². The van der Waals surface area contributed by atoms with Gasteiger partial charge in [0, 0.05) is 33.4 Å². The molecule has 0 amide bonds. The lowest BCUT2D eigenvalue weighted by molar-refractivity contribution is 0.670. The summed E-state index contributed by atoms with van der Waals surface area (Å²) in [6.07, 6.45) is 0. The van der Waals surface area contributed by atoms with Crippen LogP contribution in [0.5, 0.6) is 0 Å². The Morgan fingerprint density at radius 1 is 0.274 bits per heavy atom. The van der Waals surface area contributed by atoms with Crippen molar-refractivity contribution in [2.45, 2.75) is 5.41 Å². The first-order chi connectivity index (χ1) is 36.2. The van der Waals surface area contributed by atoms with Crippen molar-refractivity contribution in [3.8, 4) is 66.8 Å². The number of anilines is 3. The van der Waals surface area contributed by atoms with Gasteiger partial charge in [-0.1, -0.05) is 224 Å². The van der Waals surface area contributed by atoms with Gasteiger partial charge in [-0.25, -0.2) is 0 Å². The highest BCUT2D eigenvalue weighted by molar-refractivity contribution is 6.10. The molecule has 12 aromatic carbocycles. The van der Waals surface area contributed by atoms with Gasteiger partial charge in [-0.2, -0.15) is 0 Å². The summed E-state index contributed by atoms with van der Waals surface area (Å²) in [5.74, 6) is 0. The molecule has 0 radical (unpaired) electrons. The fourth-order valence-corrected chi connectivity index (χ4v) is 12.6. The zero-order valence-electron chi connectivity index (χ0n) is 39.8. The van der Waals surface area contributed by atoms with E-state index in [0.29, 0.717) is 0 Å². The Labute approximate surface area is 424 Å². The monoisotopic (exact) mass is 927 g/mol. The smallest absolute Gasteiger partial charge is 0.143 e. The lowest BCUT2D eigenvalue weighted by atomic mass is 9.66. The molecule has 0 aliphatic heterocycles. The molecule has 0 unspecified atom stereocenters. The average molecular weight is 928 g/mol. The molecule has 15 rings (SSSR count). The standard InChI is InChI=1S/C71H45NO/c1-2-18-46(19-3-1)47-20-14-22-52(43-47)72(53-23-15-21-50(45-53)56-31-16-32-62-61-28-9-13-37-68(61)73-70(56)62)54-41-40-48-42-51(39-38-49(48)44-54)55-30-17-36-67-69(55)63-29-8-12-35-66(63)71(67)64-33-10-6-26-59(64)57-24-4-5-25-58(57)60-27-7-11-34-65(60)71/h1-45H. The molecule has 0 saturated heterocycles. The maximum atomic E-state index is 6.56. The lowest BCUT2D eigenvalue weighted by Crippen LogP contribution is -2.29. The van der Waals surface area contributed by atoms with E-state index < -0.39 is 5.41 Å². The van der Waals surface area contributed by atoms with Crippen molar-refractivity contribution in [3.63, 3.8) is 0 Å². The van der Waals surface area contributed by atoms with E-state index in [4.69, 9.17) is 4.42 Å². The third-order valence-corrected chi connectivity index (χ3v) is 15.7. The summed E-state index contributed by atoms with van der Waals surface area (Å²) in [6, 6.07) is 100. The zero-order valence-corrected chi connectivity index (χ0v) is 39.8. The quantitative estimate of drug-likeness (QED) is 0.165. The Hall–Kier alpha value is -9.50. The summed E-state index contributed by atoms with van der Waals surface area (Å²) < 4.78 is 6.56. The van der Waals surface area contributed by atoms with E-state index >= 15 is 0 Å². The number of hydrogen-bond donors (Lipinski definition) is 0. The minimum atomic E-state index is -0.531. The molecule has 1 spiro atoms. The van der Waals surface area contributed by atoms with E-state index in [1.54, 1.807) is 0 Å². The summed E-state index contributed by atoms with van der Waals surface area (Å²) in [7, 11) is 0.